The maximum Gasteiger partial charge on any atom is 0.260 e. The van der Waals surface area contributed by atoms with Gasteiger partial charge in [-0.25, -0.2) is 0 Å². The van der Waals surface area contributed by atoms with E-state index in [0.29, 0.717) is 26.2 Å². The molecular weight excluding hydrogens is 366 g/mol. The van der Waals surface area contributed by atoms with Crippen molar-refractivity contribution in [2.24, 2.45) is 0 Å². The van der Waals surface area contributed by atoms with Crippen molar-refractivity contribution in [3.05, 3.63) is 59.2 Å². The van der Waals surface area contributed by atoms with E-state index in [4.69, 9.17) is 9.47 Å². The van der Waals surface area contributed by atoms with Gasteiger partial charge in [-0.3, -0.25) is 9.69 Å². The van der Waals surface area contributed by atoms with Crippen LogP contribution in [0.3, 0.4) is 0 Å². The summed E-state index contributed by atoms with van der Waals surface area (Å²) in [7, 11) is 1.62. The number of nitriles is 1. The zero-order valence-corrected chi connectivity index (χ0v) is 17.2. The lowest BCUT2D eigenvalue weighted by molar-refractivity contribution is -0.135. The van der Waals surface area contributed by atoms with E-state index in [1.807, 2.05) is 61.2 Å². The topological polar surface area (TPSA) is 65.8 Å². The first-order chi connectivity index (χ1) is 14.0. The molecule has 1 unspecified atom stereocenters. The summed E-state index contributed by atoms with van der Waals surface area (Å²) in [5.74, 6) is 1.53. The Morgan fingerprint density at radius 2 is 1.69 bits per heavy atom. The Morgan fingerprint density at radius 3 is 2.24 bits per heavy atom. The largest absolute Gasteiger partial charge is 0.497 e. The molecule has 1 fully saturated rings. The molecule has 1 atom stereocenters. The van der Waals surface area contributed by atoms with E-state index >= 15 is 0 Å². The number of hydrogen-bond donors (Lipinski definition) is 0. The standard InChI is InChI=1S/C23H27N3O3/c1-17-5-4-6-18(2)23(17)29-16-22(27)26-13-11-25(12-14-26)21(15-24)19-7-9-20(28-3)10-8-19/h4-10,21H,11-14,16H2,1-3H3. The molecule has 3 rings (SSSR count). The van der Waals surface area contributed by atoms with Crippen molar-refractivity contribution in [3.63, 3.8) is 0 Å². The number of para-hydroxylation sites is 1. The average molecular weight is 393 g/mol. The number of ether oxygens (including phenoxy) is 2. The van der Waals surface area contributed by atoms with Gasteiger partial charge in [-0.15, -0.1) is 0 Å². The minimum Gasteiger partial charge on any atom is -0.497 e. The van der Waals surface area contributed by atoms with Crippen LogP contribution in [0.4, 0.5) is 0 Å². The van der Waals surface area contributed by atoms with Gasteiger partial charge in [0.05, 0.1) is 13.2 Å². The van der Waals surface area contributed by atoms with Crippen molar-refractivity contribution in [3.8, 4) is 17.6 Å². The Hall–Kier alpha value is -3.04. The smallest absolute Gasteiger partial charge is 0.260 e. The molecule has 29 heavy (non-hydrogen) atoms. The lowest BCUT2D eigenvalue weighted by Gasteiger charge is -2.37. The summed E-state index contributed by atoms with van der Waals surface area (Å²) in [5.41, 5.74) is 2.99. The van der Waals surface area contributed by atoms with Crippen molar-refractivity contribution in [2.45, 2.75) is 19.9 Å². The molecule has 0 aromatic heterocycles. The van der Waals surface area contributed by atoms with Gasteiger partial charge < -0.3 is 14.4 Å². The fourth-order valence-electron chi connectivity index (χ4n) is 3.63. The number of hydrogen-bond acceptors (Lipinski definition) is 5. The van der Waals surface area contributed by atoms with Crippen molar-refractivity contribution in [2.75, 3.05) is 39.9 Å². The highest BCUT2D eigenvalue weighted by atomic mass is 16.5. The lowest BCUT2D eigenvalue weighted by Crippen LogP contribution is -2.50. The first kappa shape index (κ1) is 20.7. The van der Waals surface area contributed by atoms with Gasteiger partial charge >= 0.3 is 0 Å². The number of benzene rings is 2. The summed E-state index contributed by atoms with van der Waals surface area (Å²) in [6.07, 6.45) is 0. The highest BCUT2D eigenvalue weighted by molar-refractivity contribution is 5.78. The normalized spacial score (nSPS) is 15.4. The second kappa shape index (κ2) is 9.44. The molecule has 2 aromatic rings. The first-order valence-corrected chi connectivity index (χ1v) is 9.78. The molecule has 0 radical (unpaired) electrons. The molecule has 0 saturated carbocycles. The maximum absolute atomic E-state index is 12.6. The second-order valence-corrected chi connectivity index (χ2v) is 7.23. The maximum atomic E-state index is 12.6. The van der Waals surface area contributed by atoms with Gasteiger partial charge in [-0.1, -0.05) is 30.3 Å². The Bertz CT molecular complexity index is 861. The highest BCUT2D eigenvalue weighted by Crippen LogP contribution is 2.25. The van der Waals surface area contributed by atoms with E-state index in [1.54, 1.807) is 7.11 Å². The number of nitrogens with zero attached hydrogens (tertiary/aromatic N) is 3. The molecule has 0 spiro atoms. The van der Waals surface area contributed by atoms with E-state index in [1.165, 1.54) is 0 Å². The third kappa shape index (κ3) is 4.87. The molecule has 1 amide bonds. The summed E-state index contributed by atoms with van der Waals surface area (Å²) >= 11 is 0. The number of rotatable bonds is 6. The predicted octanol–water partition coefficient (Wildman–Crippen LogP) is 3.10. The van der Waals surface area contributed by atoms with Crippen LogP contribution in [0.1, 0.15) is 22.7 Å². The van der Waals surface area contributed by atoms with E-state index in [9.17, 15) is 10.1 Å². The quantitative estimate of drug-likeness (QED) is 0.755. The molecule has 6 heteroatoms. The summed E-state index contributed by atoms with van der Waals surface area (Å²) in [5, 5.41) is 9.67. The van der Waals surface area contributed by atoms with E-state index in [-0.39, 0.29) is 18.6 Å². The van der Waals surface area contributed by atoms with Crippen LogP contribution < -0.4 is 9.47 Å². The Morgan fingerprint density at radius 1 is 1.07 bits per heavy atom. The summed E-state index contributed by atoms with van der Waals surface area (Å²) < 4.78 is 11.0. The Labute approximate surface area is 172 Å². The molecule has 1 aliphatic heterocycles. The molecule has 0 bridgehead atoms. The minimum absolute atomic E-state index is 0.0229. The van der Waals surface area contributed by atoms with Crippen LogP contribution in [0.5, 0.6) is 11.5 Å². The number of aryl methyl sites for hydroxylation is 2. The molecule has 6 nitrogen and oxygen atoms in total. The fraction of sp³-hybridized carbons (Fsp3) is 0.391. The number of carbonyl (C=O) groups excluding carboxylic acids is 1. The van der Waals surface area contributed by atoms with Crippen molar-refractivity contribution >= 4 is 5.91 Å². The van der Waals surface area contributed by atoms with Crippen molar-refractivity contribution < 1.29 is 14.3 Å². The van der Waals surface area contributed by atoms with E-state index in [0.717, 1.165) is 28.2 Å². The van der Waals surface area contributed by atoms with Crippen molar-refractivity contribution in [1.82, 2.24) is 9.80 Å². The molecule has 152 valence electrons. The third-order valence-electron chi connectivity index (χ3n) is 5.33. The van der Waals surface area contributed by atoms with Gasteiger partial charge in [0.25, 0.3) is 5.91 Å². The molecule has 1 saturated heterocycles. The zero-order chi connectivity index (χ0) is 20.8. The van der Waals surface area contributed by atoms with E-state index < -0.39 is 0 Å². The number of piperazine rings is 1. The molecular formula is C23H27N3O3. The minimum atomic E-state index is -0.330. The summed E-state index contributed by atoms with van der Waals surface area (Å²) in [4.78, 5) is 16.5. The zero-order valence-electron chi connectivity index (χ0n) is 17.2. The SMILES string of the molecule is COc1ccc(C(C#N)N2CCN(C(=O)COc3c(C)cccc3C)CC2)cc1. The molecule has 2 aromatic carbocycles. The van der Waals surface area contributed by atoms with Crippen LogP contribution in [0.25, 0.3) is 0 Å². The van der Waals surface area contributed by atoms with Gasteiger partial charge in [-0.05, 0) is 42.7 Å². The van der Waals surface area contributed by atoms with Crippen LogP contribution in [0.2, 0.25) is 0 Å². The van der Waals surface area contributed by atoms with Gasteiger partial charge in [0.15, 0.2) is 6.61 Å². The highest BCUT2D eigenvalue weighted by Gasteiger charge is 2.27. The monoisotopic (exact) mass is 393 g/mol. The Kier molecular flexibility index (Phi) is 6.73. The summed E-state index contributed by atoms with van der Waals surface area (Å²) in [6.45, 7) is 6.47. The molecule has 1 heterocycles. The second-order valence-electron chi connectivity index (χ2n) is 7.23. The van der Waals surface area contributed by atoms with Crippen molar-refractivity contribution in [1.29, 1.82) is 5.26 Å². The summed E-state index contributed by atoms with van der Waals surface area (Å²) in [6, 6.07) is 15.6. The third-order valence-corrected chi connectivity index (χ3v) is 5.33. The van der Waals surface area contributed by atoms with Crippen LogP contribution in [-0.4, -0.2) is 55.6 Å². The lowest BCUT2D eigenvalue weighted by atomic mass is 10.1. The molecule has 1 aliphatic rings. The van der Waals surface area contributed by atoms with Crippen LogP contribution >= 0.6 is 0 Å². The average Bonchev–Trinajstić information content (AvgIpc) is 2.75. The Balaban J connectivity index is 1.55. The van der Waals surface area contributed by atoms with Gasteiger partial charge in [0, 0.05) is 26.2 Å². The van der Waals surface area contributed by atoms with Crippen LogP contribution in [0.15, 0.2) is 42.5 Å². The number of amides is 1. The first-order valence-electron chi connectivity index (χ1n) is 9.78. The fourth-order valence-corrected chi connectivity index (χ4v) is 3.63. The van der Waals surface area contributed by atoms with Crippen LogP contribution in [0, 0.1) is 25.2 Å². The predicted molar refractivity (Wildman–Crippen MR) is 111 cm³/mol. The molecule has 0 N–H and O–H groups in total. The van der Waals surface area contributed by atoms with Gasteiger partial charge in [0.1, 0.15) is 17.5 Å². The van der Waals surface area contributed by atoms with Gasteiger partial charge in [0.2, 0.25) is 0 Å². The number of methoxy groups -OCH3 is 1. The van der Waals surface area contributed by atoms with Gasteiger partial charge in [-0.2, -0.15) is 5.26 Å². The number of carbonyl (C=O) groups is 1. The van der Waals surface area contributed by atoms with Crippen LogP contribution in [-0.2, 0) is 4.79 Å². The van der Waals surface area contributed by atoms with E-state index in [2.05, 4.69) is 11.0 Å². The molecule has 0 aliphatic carbocycles.